The predicted molar refractivity (Wildman–Crippen MR) is 80.2 cm³/mol. The molecule has 2 N–H and O–H groups in total. The van der Waals surface area contributed by atoms with Crippen molar-refractivity contribution in [1.29, 1.82) is 0 Å². The smallest absolute Gasteiger partial charge is 0.270 e. The molecule has 6 heteroatoms. The van der Waals surface area contributed by atoms with Crippen LogP contribution in [0.5, 0.6) is 0 Å². The molecule has 1 aromatic carbocycles. The summed E-state index contributed by atoms with van der Waals surface area (Å²) < 4.78 is 0. The molecule has 0 aliphatic heterocycles. The van der Waals surface area contributed by atoms with Gasteiger partial charge in [-0.1, -0.05) is 20.8 Å². The Morgan fingerprint density at radius 3 is 2.48 bits per heavy atom. The van der Waals surface area contributed by atoms with Crippen LogP contribution in [0.15, 0.2) is 18.2 Å². The summed E-state index contributed by atoms with van der Waals surface area (Å²) in [6, 6.07) is 4.09. The second kappa shape index (κ2) is 6.67. The van der Waals surface area contributed by atoms with Gasteiger partial charge < -0.3 is 10.4 Å². The standard InChI is InChI=1S/C15H22N2O4/c1-10-7-11(9-12(8-10)17(20)21)14(19)16-13(5-6-18)15(2,3)4/h7-9,13,18H,5-6H2,1-4H3,(H,16,19). The fraction of sp³-hybridized carbons (Fsp3) is 0.533. The van der Waals surface area contributed by atoms with Crippen LogP contribution in [0.3, 0.4) is 0 Å². The van der Waals surface area contributed by atoms with Gasteiger partial charge in [0.2, 0.25) is 0 Å². The Morgan fingerprint density at radius 2 is 2.00 bits per heavy atom. The van der Waals surface area contributed by atoms with Gasteiger partial charge in [0.15, 0.2) is 0 Å². The topological polar surface area (TPSA) is 92.5 Å². The molecule has 1 amide bonds. The second-order valence-electron chi connectivity index (χ2n) is 6.22. The van der Waals surface area contributed by atoms with E-state index in [1.165, 1.54) is 12.1 Å². The average molecular weight is 294 g/mol. The van der Waals surface area contributed by atoms with Crippen LogP contribution in [-0.4, -0.2) is 28.6 Å². The molecule has 1 rings (SSSR count). The van der Waals surface area contributed by atoms with Crippen LogP contribution >= 0.6 is 0 Å². The minimum Gasteiger partial charge on any atom is -0.396 e. The zero-order valence-electron chi connectivity index (χ0n) is 12.8. The molecule has 21 heavy (non-hydrogen) atoms. The highest BCUT2D eigenvalue weighted by Crippen LogP contribution is 2.23. The van der Waals surface area contributed by atoms with Crippen molar-refractivity contribution in [3.05, 3.63) is 39.4 Å². The molecular formula is C15H22N2O4. The minimum atomic E-state index is -0.515. The highest BCUT2D eigenvalue weighted by Gasteiger charge is 2.26. The molecule has 0 fully saturated rings. The van der Waals surface area contributed by atoms with Gasteiger partial charge in [-0.3, -0.25) is 14.9 Å². The van der Waals surface area contributed by atoms with Crippen molar-refractivity contribution in [3.8, 4) is 0 Å². The highest BCUT2D eigenvalue weighted by atomic mass is 16.6. The van der Waals surface area contributed by atoms with Crippen LogP contribution in [0.25, 0.3) is 0 Å². The molecule has 0 saturated carbocycles. The summed E-state index contributed by atoms with van der Waals surface area (Å²) in [5, 5.41) is 22.8. The Bertz CT molecular complexity index is 535. The van der Waals surface area contributed by atoms with E-state index in [1.807, 2.05) is 20.8 Å². The normalized spacial score (nSPS) is 12.8. The van der Waals surface area contributed by atoms with Crippen LogP contribution in [0.1, 0.15) is 43.1 Å². The molecule has 0 radical (unpaired) electrons. The van der Waals surface area contributed by atoms with E-state index in [0.717, 1.165) is 0 Å². The third-order valence-corrected chi connectivity index (χ3v) is 3.30. The molecule has 0 aliphatic rings. The Morgan fingerprint density at radius 1 is 1.38 bits per heavy atom. The number of aryl methyl sites for hydroxylation is 1. The van der Waals surface area contributed by atoms with Gasteiger partial charge >= 0.3 is 0 Å². The zero-order valence-corrected chi connectivity index (χ0v) is 12.8. The van der Waals surface area contributed by atoms with Gasteiger partial charge in [0.05, 0.1) is 4.92 Å². The second-order valence-corrected chi connectivity index (χ2v) is 6.22. The summed E-state index contributed by atoms with van der Waals surface area (Å²) in [5.41, 5.74) is 0.598. The Balaban J connectivity index is 3.00. The molecule has 0 heterocycles. The van der Waals surface area contributed by atoms with E-state index < -0.39 is 4.92 Å². The van der Waals surface area contributed by atoms with Crippen molar-refractivity contribution in [2.24, 2.45) is 5.41 Å². The third kappa shape index (κ3) is 4.82. The first-order valence-electron chi connectivity index (χ1n) is 6.83. The molecule has 1 unspecified atom stereocenters. The van der Waals surface area contributed by atoms with Crippen molar-refractivity contribution in [3.63, 3.8) is 0 Å². The number of nitro benzene ring substituents is 1. The number of carbonyl (C=O) groups excluding carboxylic acids is 1. The molecule has 1 atom stereocenters. The first kappa shape index (κ1) is 17.1. The van der Waals surface area contributed by atoms with Gasteiger partial charge in [-0.05, 0) is 30.4 Å². The van der Waals surface area contributed by atoms with E-state index in [0.29, 0.717) is 12.0 Å². The lowest BCUT2D eigenvalue weighted by Crippen LogP contribution is -2.44. The van der Waals surface area contributed by atoms with E-state index in [4.69, 9.17) is 5.11 Å². The largest absolute Gasteiger partial charge is 0.396 e. The van der Waals surface area contributed by atoms with Crippen LogP contribution in [0.2, 0.25) is 0 Å². The predicted octanol–water partition coefficient (Wildman–Crippen LogP) is 2.43. The molecule has 116 valence electrons. The maximum atomic E-state index is 12.3. The summed E-state index contributed by atoms with van der Waals surface area (Å²) in [5.74, 6) is -0.366. The molecule has 0 spiro atoms. The number of amides is 1. The number of benzene rings is 1. The first-order valence-corrected chi connectivity index (χ1v) is 6.83. The number of nitro groups is 1. The van der Waals surface area contributed by atoms with Gasteiger partial charge in [0, 0.05) is 30.3 Å². The molecule has 0 aromatic heterocycles. The Hall–Kier alpha value is -1.95. The summed E-state index contributed by atoms with van der Waals surface area (Å²) >= 11 is 0. The highest BCUT2D eigenvalue weighted by molar-refractivity contribution is 5.95. The number of nitrogens with zero attached hydrogens (tertiary/aromatic N) is 1. The number of carbonyl (C=O) groups is 1. The van der Waals surface area contributed by atoms with E-state index in [9.17, 15) is 14.9 Å². The SMILES string of the molecule is Cc1cc(C(=O)NC(CCO)C(C)(C)C)cc([N+](=O)[O-])c1. The van der Waals surface area contributed by atoms with Crippen molar-refractivity contribution in [1.82, 2.24) is 5.32 Å². The van der Waals surface area contributed by atoms with Crippen LogP contribution < -0.4 is 5.32 Å². The van der Waals surface area contributed by atoms with Crippen LogP contribution in [-0.2, 0) is 0 Å². The summed E-state index contributed by atoms with van der Waals surface area (Å²) in [6.45, 7) is 7.57. The van der Waals surface area contributed by atoms with Gasteiger partial charge in [-0.15, -0.1) is 0 Å². The lowest BCUT2D eigenvalue weighted by atomic mass is 9.84. The molecule has 1 aromatic rings. The maximum Gasteiger partial charge on any atom is 0.270 e. The Kier molecular flexibility index (Phi) is 5.43. The minimum absolute atomic E-state index is 0.0316. The number of rotatable bonds is 5. The lowest BCUT2D eigenvalue weighted by molar-refractivity contribution is -0.384. The van der Waals surface area contributed by atoms with Crippen LogP contribution in [0, 0.1) is 22.5 Å². The number of nitrogens with one attached hydrogen (secondary N) is 1. The van der Waals surface area contributed by atoms with Gasteiger partial charge in [-0.25, -0.2) is 0 Å². The number of hydrogen-bond acceptors (Lipinski definition) is 4. The molecule has 0 aliphatic carbocycles. The number of non-ortho nitro benzene ring substituents is 1. The molecule has 0 saturated heterocycles. The third-order valence-electron chi connectivity index (χ3n) is 3.30. The number of aliphatic hydroxyl groups excluding tert-OH is 1. The van der Waals surface area contributed by atoms with Crippen molar-refractivity contribution in [2.45, 2.75) is 40.2 Å². The van der Waals surface area contributed by atoms with Gasteiger partial charge in [0.25, 0.3) is 11.6 Å². The average Bonchev–Trinajstić information content (AvgIpc) is 2.36. The van der Waals surface area contributed by atoms with Crippen molar-refractivity contribution < 1.29 is 14.8 Å². The summed E-state index contributed by atoms with van der Waals surface area (Å²) in [6.07, 6.45) is 0.434. The van der Waals surface area contributed by atoms with Crippen molar-refractivity contribution >= 4 is 11.6 Å². The fourth-order valence-electron chi connectivity index (χ4n) is 2.09. The zero-order chi connectivity index (χ0) is 16.2. The molecule has 0 bridgehead atoms. The van der Waals surface area contributed by atoms with Gasteiger partial charge in [-0.2, -0.15) is 0 Å². The molecular weight excluding hydrogens is 272 g/mol. The number of aliphatic hydroxyl groups is 1. The first-order chi connectivity index (χ1) is 9.65. The van der Waals surface area contributed by atoms with E-state index in [1.54, 1.807) is 13.0 Å². The summed E-state index contributed by atoms with van der Waals surface area (Å²) in [7, 11) is 0. The monoisotopic (exact) mass is 294 g/mol. The fourth-order valence-corrected chi connectivity index (χ4v) is 2.09. The quantitative estimate of drug-likeness (QED) is 0.644. The Labute approximate surface area is 124 Å². The summed E-state index contributed by atoms with van der Waals surface area (Å²) in [4.78, 5) is 22.6. The van der Waals surface area contributed by atoms with E-state index in [-0.39, 0.29) is 35.2 Å². The van der Waals surface area contributed by atoms with E-state index >= 15 is 0 Å². The molecule has 6 nitrogen and oxygen atoms in total. The van der Waals surface area contributed by atoms with Crippen LogP contribution in [0.4, 0.5) is 5.69 Å². The lowest BCUT2D eigenvalue weighted by Gasteiger charge is -2.31. The van der Waals surface area contributed by atoms with Crippen molar-refractivity contribution in [2.75, 3.05) is 6.61 Å². The number of hydrogen-bond donors (Lipinski definition) is 2. The maximum absolute atomic E-state index is 12.3. The van der Waals surface area contributed by atoms with Gasteiger partial charge in [0.1, 0.15) is 0 Å². The van der Waals surface area contributed by atoms with E-state index in [2.05, 4.69) is 5.32 Å².